The molecule has 1 amide bonds. The van der Waals surface area contributed by atoms with Gasteiger partial charge in [0.1, 0.15) is 5.54 Å². The van der Waals surface area contributed by atoms with Gasteiger partial charge >= 0.3 is 0 Å². The average molecular weight is 299 g/mol. The number of benzene rings is 1. The van der Waals surface area contributed by atoms with Crippen molar-refractivity contribution in [1.29, 1.82) is 0 Å². The lowest BCUT2D eigenvalue weighted by atomic mass is 9.79. The maximum absolute atomic E-state index is 12.0. The Bertz CT molecular complexity index is 475. The standard InChI is InChI=1S/C14H19ClN2OS/c1-13(2)7-14(12(16)18,9-19-8-13)17-11-5-3-10(15)4-6-11/h3-6,17H,7-9H2,1-2H3,(H2,16,18). The third kappa shape index (κ3) is 3.37. The van der Waals surface area contributed by atoms with E-state index in [4.69, 9.17) is 17.3 Å². The molecule has 1 aliphatic rings. The summed E-state index contributed by atoms with van der Waals surface area (Å²) in [5.41, 5.74) is 5.95. The SMILES string of the molecule is CC1(C)CSCC(Nc2ccc(Cl)cc2)(C(N)=O)C1. The topological polar surface area (TPSA) is 55.1 Å². The summed E-state index contributed by atoms with van der Waals surface area (Å²) in [6.45, 7) is 4.33. The van der Waals surface area contributed by atoms with Crippen molar-refractivity contribution < 1.29 is 4.79 Å². The van der Waals surface area contributed by atoms with E-state index in [1.165, 1.54) is 0 Å². The summed E-state index contributed by atoms with van der Waals surface area (Å²) in [5.74, 6) is 1.46. The Morgan fingerprint density at radius 3 is 2.47 bits per heavy atom. The van der Waals surface area contributed by atoms with Gasteiger partial charge in [-0.3, -0.25) is 4.79 Å². The van der Waals surface area contributed by atoms with Crippen LogP contribution in [0.25, 0.3) is 0 Å². The Kier molecular flexibility index (Phi) is 4.02. The number of hydrogen-bond acceptors (Lipinski definition) is 3. The van der Waals surface area contributed by atoms with Gasteiger partial charge in [-0.25, -0.2) is 0 Å². The summed E-state index contributed by atoms with van der Waals surface area (Å²) in [4.78, 5) is 12.0. The van der Waals surface area contributed by atoms with Crippen LogP contribution in [0.15, 0.2) is 24.3 Å². The van der Waals surface area contributed by atoms with Crippen molar-refractivity contribution in [3.05, 3.63) is 29.3 Å². The first-order chi connectivity index (χ1) is 8.83. The summed E-state index contributed by atoms with van der Waals surface area (Å²) in [5, 5.41) is 4.00. The van der Waals surface area contributed by atoms with Gasteiger partial charge in [0.15, 0.2) is 0 Å². The van der Waals surface area contributed by atoms with Gasteiger partial charge in [-0.05, 0) is 41.9 Å². The molecule has 19 heavy (non-hydrogen) atoms. The Morgan fingerprint density at radius 2 is 1.95 bits per heavy atom. The molecule has 5 heteroatoms. The lowest BCUT2D eigenvalue weighted by molar-refractivity contribution is -0.122. The molecule has 1 fully saturated rings. The zero-order valence-electron chi connectivity index (χ0n) is 11.2. The second kappa shape index (κ2) is 5.25. The van der Waals surface area contributed by atoms with E-state index < -0.39 is 5.54 Å². The minimum Gasteiger partial charge on any atom is -0.371 e. The third-order valence-corrected chi connectivity index (χ3v) is 5.26. The number of amides is 1. The fourth-order valence-electron chi connectivity index (χ4n) is 2.53. The van der Waals surface area contributed by atoms with Gasteiger partial charge < -0.3 is 11.1 Å². The van der Waals surface area contributed by atoms with Gasteiger partial charge in [-0.2, -0.15) is 11.8 Å². The molecule has 1 atom stereocenters. The van der Waals surface area contributed by atoms with Crippen LogP contribution < -0.4 is 11.1 Å². The van der Waals surface area contributed by atoms with E-state index >= 15 is 0 Å². The van der Waals surface area contributed by atoms with E-state index in [1.807, 2.05) is 12.1 Å². The van der Waals surface area contributed by atoms with Crippen molar-refractivity contribution in [2.45, 2.75) is 25.8 Å². The summed E-state index contributed by atoms with van der Waals surface area (Å²) < 4.78 is 0. The quantitative estimate of drug-likeness (QED) is 0.901. The fourth-order valence-corrected chi connectivity index (χ4v) is 4.08. The largest absolute Gasteiger partial charge is 0.371 e. The first kappa shape index (κ1) is 14.5. The first-order valence-corrected chi connectivity index (χ1v) is 7.78. The average Bonchev–Trinajstić information content (AvgIpc) is 2.31. The summed E-state index contributed by atoms with van der Waals surface area (Å²) in [7, 11) is 0. The van der Waals surface area contributed by atoms with Crippen LogP contribution in [-0.4, -0.2) is 23.0 Å². The van der Waals surface area contributed by atoms with E-state index in [9.17, 15) is 4.79 Å². The molecule has 0 aliphatic carbocycles. The maximum atomic E-state index is 12.0. The molecule has 3 nitrogen and oxygen atoms in total. The smallest absolute Gasteiger partial charge is 0.243 e. The lowest BCUT2D eigenvalue weighted by Crippen LogP contribution is -2.57. The molecule has 1 heterocycles. The van der Waals surface area contributed by atoms with Gasteiger partial charge in [-0.1, -0.05) is 25.4 Å². The molecule has 1 unspecified atom stereocenters. The Balaban J connectivity index is 2.25. The first-order valence-electron chi connectivity index (χ1n) is 6.24. The van der Waals surface area contributed by atoms with Crippen LogP contribution in [0.2, 0.25) is 5.02 Å². The lowest BCUT2D eigenvalue weighted by Gasteiger charge is -2.43. The molecule has 1 aliphatic heterocycles. The number of halogens is 1. The molecule has 1 aromatic rings. The zero-order chi connectivity index (χ0) is 14.1. The van der Waals surface area contributed by atoms with Crippen molar-refractivity contribution in [2.75, 3.05) is 16.8 Å². The summed E-state index contributed by atoms with van der Waals surface area (Å²) in [6, 6.07) is 7.36. The van der Waals surface area contributed by atoms with Crippen LogP contribution in [0.4, 0.5) is 5.69 Å². The van der Waals surface area contributed by atoms with E-state index in [-0.39, 0.29) is 11.3 Å². The van der Waals surface area contributed by atoms with E-state index in [0.717, 1.165) is 17.9 Å². The molecule has 0 radical (unpaired) electrons. The van der Waals surface area contributed by atoms with Crippen molar-refractivity contribution in [3.8, 4) is 0 Å². The van der Waals surface area contributed by atoms with Crippen molar-refractivity contribution in [2.24, 2.45) is 11.1 Å². The van der Waals surface area contributed by atoms with Crippen LogP contribution in [0.3, 0.4) is 0 Å². The number of carbonyl (C=O) groups excluding carboxylic acids is 1. The number of nitrogens with one attached hydrogen (secondary N) is 1. The molecule has 0 spiro atoms. The number of carbonyl (C=O) groups is 1. The Hall–Kier alpha value is -0.870. The second-order valence-corrected chi connectivity index (χ2v) is 7.33. The van der Waals surface area contributed by atoms with Gasteiger partial charge in [0.05, 0.1) is 0 Å². The van der Waals surface area contributed by atoms with Crippen LogP contribution >= 0.6 is 23.4 Å². The predicted molar refractivity (Wildman–Crippen MR) is 82.7 cm³/mol. The van der Waals surface area contributed by atoms with Gasteiger partial charge in [-0.15, -0.1) is 0 Å². The normalized spacial score (nSPS) is 25.8. The van der Waals surface area contributed by atoms with Crippen LogP contribution in [0.5, 0.6) is 0 Å². The highest BCUT2D eigenvalue weighted by atomic mass is 35.5. The number of primary amides is 1. The van der Waals surface area contributed by atoms with Crippen molar-refractivity contribution >= 4 is 35.0 Å². The number of rotatable bonds is 3. The fraction of sp³-hybridized carbons (Fsp3) is 0.500. The molecule has 1 aromatic carbocycles. The minimum absolute atomic E-state index is 0.0946. The highest BCUT2D eigenvalue weighted by Gasteiger charge is 2.45. The van der Waals surface area contributed by atoms with Crippen molar-refractivity contribution in [1.82, 2.24) is 0 Å². The molecule has 0 saturated carbocycles. The molecule has 3 N–H and O–H groups in total. The number of thioether (sulfide) groups is 1. The zero-order valence-corrected chi connectivity index (χ0v) is 12.8. The summed E-state index contributed by atoms with van der Waals surface area (Å²) >= 11 is 7.64. The van der Waals surface area contributed by atoms with Gasteiger partial charge in [0.2, 0.25) is 5.91 Å². The molecular weight excluding hydrogens is 280 g/mol. The van der Waals surface area contributed by atoms with E-state index in [1.54, 1.807) is 23.9 Å². The van der Waals surface area contributed by atoms with Crippen LogP contribution in [0.1, 0.15) is 20.3 Å². The van der Waals surface area contributed by atoms with Crippen molar-refractivity contribution in [3.63, 3.8) is 0 Å². The molecular formula is C14H19ClN2OS. The monoisotopic (exact) mass is 298 g/mol. The maximum Gasteiger partial charge on any atom is 0.243 e. The summed E-state index contributed by atoms with van der Waals surface area (Å²) in [6.07, 6.45) is 0.741. The molecule has 2 rings (SSSR count). The van der Waals surface area contributed by atoms with E-state index in [2.05, 4.69) is 19.2 Å². The highest BCUT2D eigenvalue weighted by molar-refractivity contribution is 7.99. The molecule has 104 valence electrons. The minimum atomic E-state index is -0.680. The third-order valence-electron chi connectivity index (χ3n) is 3.32. The second-order valence-electron chi connectivity index (χ2n) is 5.91. The number of nitrogens with two attached hydrogens (primary N) is 1. The Morgan fingerprint density at radius 1 is 1.32 bits per heavy atom. The molecule has 1 saturated heterocycles. The Labute approximate surface area is 123 Å². The van der Waals surface area contributed by atoms with E-state index in [0.29, 0.717) is 10.8 Å². The highest BCUT2D eigenvalue weighted by Crippen LogP contribution is 2.40. The predicted octanol–water partition coefficient (Wildman–Crippen LogP) is 3.14. The number of anilines is 1. The van der Waals surface area contributed by atoms with Gasteiger partial charge in [0, 0.05) is 16.5 Å². The van der Waals surface area contributed by atoms with Crippen LogP contribution in [0, 0.1) is 5.41 Å². The van der Waals surface area contributed by atoms with Gasteiger partial charge in [0.25, 0.3) is 0 Å². The molecule has 0 aromatic heterocycles. The number of hydrogen-bond donors (Lipinski definition) is 2. The molecule has 0 bridgehead atoms. The van der Waals surface area contributed by atoms with Crippen LogP contribution in [-0.2, 0) is 4.79 Å².